The molecule has 94 valence electrons. The Morgan fingerprint density at radius 1 is 0.882 bits per heavy atom. The van der Waals surface area contributed by atoms with Crippen LogP contribution in [0, 0.1) is 0 Å². The second kappa shape index (κ2) is 11.3. The summed E-state index contributed by atoms with van der Waals surface area (Å²) in [4.78, 5) is 29.7. The van der Waals surface area contributed by atoms with Crippen molar-refractivity contribution in [2.75, 3.05) is 19.4 Å². The molecule has 0 aromatic rings. The molecule has 0 atom stereocenters. The lowest BCUT2D eigenvalue weighted by Gasteiger charge is -2.13. The lowest BCUT2D eigenvalue weighted by molar-refractivity contribution is 0.240. The van der Waals surface area contributed by atoms with Crippen LogP contribution in [0.25, 0.3) is 0 Å². The molecule has 17 heavy (non-hydrogen) atoms. The Labute approximate surface area is 104 Å². The van der Waals surface area contributed by atoms with Gasteiger partial charge in [-0.3, -0.25) is 4.57 Å². The standard InChI is InChI=1S/C9H9O6P.ClH/c10-4-1-7-14-16(13,9-3-6-12)15-8-2-5-11;/h1-3H,7-9H2;1H. The monoisotopic (exact) mass is 280 g/mol. The minimum absolute atomic E-state index is 0. The third-order valence-electron chi connectivity index (χ3n) is 1.27. The Morgan fingerprint density at radius 2 is 1.29 bits per heavy atom. The van der Waals surface area contributed by atoms with Gasteiger partial charge in [0.25, 0.3) is 0 Å². The second-order valence-electron chi connectivity index (χ2n) is 2.35. The topological polar surface area (TPSA) is 86.7 Å². The molecule has 0 aromatic carbocycles. The van der Waals surface area contributed by atoms with E-state index in [2.05, 4.69) is 0 Å². The van der Waals surface area contributed by atoms with Crippen molar-refractivity contribution in [2.45, 2.75) is 0 Å². The summed E-state index contributed by atoms with van der Waals surface area (Å²) in [5.41, 5.74) is 0. The van der Waals surface area contributed by atoms with E-state index in [1.807, 2.05) is 0 Å². The molecule has 0 aliphatic carbocycles. The van der Waals surface area contributed by atoms with Crippen LogP contribution >= 0.6 is 20.0 Å². The molecule has 0 aliphatic rings. The van der Waals surface area contributed by atoms with Crippen molar-refractivity contribution in [1.29, 1.82) is 0 Å². The van der Waals surface area contributed by atoms with Crippen LogP contribution in [-0.2, 0) is 28.0 Å². The highest BCUT2D eigenvalue weighted by Crippen LogP contribution is 2.47. The van der Waals surface area contributed by atoms with Crippen molar-refractivity contribution < 1.29 is 28.0 Å². The van der Waals surface area contributed by atoms with Gasteiger partial charge in [0.1, 0.15) is 17.8 Å². The molecule has 0 N–H and O–H groups in total. The van der Waals surface area contributed by atoms with E-state index in [-0.39, 0.29) is 31.8 Å². The SMILES string of the molecule is Cl.O=C=CCOP(=O)(CC=C=O)OCC=C=O. The van der Waals surface area contributed by atoms with Crippen LogP contribution in [0.5, 0.6) is 0 Å². The van der Waals surface area contributed by atoms with Crippen LogP contribution < -0.4 is 0 Å². The molecule has 0 bridgehead atoms. The average Bonchev–Trinajstić information content (AvgIpc) is 2.27. The van der Waals surface area contributed by atoms with Gasteiger partial charge in [0.2, 0.25) is 0 Å². The lowest BCUT2D eigenvalue weighted by atomic mass is 10.7. The van der Waals surface area contributed by atoms with E-state index in [0.29, 0.717) is 0 Å². The number of carbonyl (C=O) groups excluding carboxylic acids is 3. The van der Waals surface area contributed by atoms with E-state index in [4.69, 9.17) is 9.05 Å². The van der Waals surface area contributed by atoms with Crippen molar-refractivity contribution in [2.24, 2.45) is 0 Å². The molecule has 0 fully saturated rings. The van der Waals surface area contributed by atoms with Gasteiger partial charge in [-0.25, -0.2) is 14.4 Å². The highest BCUT2D eigenvalue weighted by atomic mass is 35.5. The zero-order chi connectivity index (χ0) is 12.3. The molecule has 8 heteroatoms. The van der Waals surface area contributed by atoms with E-state index in [1.165, 1.54) is 17.8 Å². The molecule has 0 saturated heterocycles. The van der Waals surface area contributed by atoms with Crippen molar-refractivity contribution in [3.05, 3.63) is 18.2 Å². The minimum atomic E-state index is -3.53. The summed E-state index contributed by atoms with van der Waals surface area (Å²) >= 11 is 0. The Morgan fingerprint density at radius 3 is 1.65 bits per heavy atom. The molecule has 0 spiro atoms. The van der Waals surface area contributed by atoms with Crippen LogP contribution in [-0.4, -0.2) is 37.2 Å². The summed E-state index contributed by atoms with van der Waals surface area (Å²) in [5.74, 6) is 4.28. The predicted molar refractivity (Wildman–Crippen MR) is 62.4 cm³/mol. The number of allylic oxidation sites excluding steroid dienone is 1. The number of hydrogen-bond acceptors (Lipinski definition) is 6. The number of halogens is 1. The maximum atomic E-state index is 11.8. The van der Waals surface area contributed by atoms with Crippen LogP contribution in [0.2, 0.25) is 0 Å². The minimum Gasteiger partial charge on any atom is -0.303 e. The molecule has 6 nitrogen and oxygen atoms in total. The molecule has 0 aliphatic heterocycles. The first-order chi connectivity index (χ1) is 7.68. The van der Waals surface area contributed by atoms with E-state index in [9.17, 15) is 18.9 Å². The molecule has 0 radical (unpaired) electrons. The highest BCUT2D eigenvalue weighted by molar-refractivity contribution is 7.54. The van der Waals surface area contributed by atoms with Gasteiger partial charge in [-0.1, -0.05) is 0 Å². The molecule has 0 unspecified atom stereocenters. The van der Waals surface area contributed by atoms with Crippen molar-refractivity contribution >= 4 is 37.8 Å². The Balaban J connectivity index is 0. The van der Waals surface area contributed by atoms with Gasteiger partial charge >= 0.3 is 7.60 Å². The Bertz CT molecular complexity index is 376. The first-order valence-electron chi connectivity index (χ1n) is 4.14. The molecule has 0 amide bonds. The molecule has 0 aromatic heterocycles. The normalized spacial score (nSPS) is 11.8. The first-order valence-corrected chi connectivity index (χ1v) is 5.87. The lowest BCUT2D eigenvalue weighted by Crippen LogP contribution is -1.99. The molecular formula is C9H10ClO6P. The van der Waals surface area contributed by atoms with Gasteiger partial charge in [-0.2, -0.15) is 0 Å². The van der Waals surface area contributed by atoms with E-state index in [0.717, 1.165) is 18.2 Å². The van der Waals surface area contributed by atoms with Crippen molar-refractivity contribution in [3.8, 4) is 0 Å². The third-order valence-corrected chi connectivity index (χ3v) is 2.99. The third kappa shape index (κ3) is 9.70. The van der Waals surface area contributed by atoms with E-state index in [1.54, 1.807) is 0 Å². The summed E-state index contributed by atoms with van der Waals surface area (Å²) in [6, 6.07) is 0. The quantitative estimate of drug-likeness (QED) is 0.483. The zero-order valence-electron chi connectivity index (χ0n) is 8.66. The fourth-order valence-electron chi connectivity index (χ4n) is 0.661. The summed E-state index contributed by atoms with van der Waals surface area (Å²) in [5, 5.41) is 0. The number of hydrogen-bond donors (Lipinski definition) is 0. The Kier molecular flexibility index (Phi) is 12.1. The fraction of sp³-hybridized carbons (Fsp3) is 0.333. The Hall–Kier alpha value is -1.21. The maximum absolute atomic E-state index is 11.8. The van der Waals surface area contributed by atoms with Crippen LogP contribution in [0.1, 0.15) is 0 Å². The van der Waals surface area contributed by atoms with Gasteiger partial charge in [-0.05, 0) is 0 Å². The fourth-order valence-corrected chi connectivity index (χ4v) is 1.85. The predicted octanol–water partition coefficient (Wildman–Crippen LogP) is 0.798. The zero-order valence-corrected chi connectivity index (χ0v) is 10.4. The van der Waals surface area contributed by atoms with Gasteiger partial charge in [0, 0.05) is 18.2 Å². The van der Waals surface area contributed by atoms with Crippen LogP contribution in [0.3, 0.4) is 0 Å². The molecule has 0 heterocycles. The van der Waals surface area contributed by atoms with Crippen molar-refractivity contribution in [1.82, 2.24) is 0 Å². The average molecular weight is 281 g/mol. The van der Waals surface area contributed by atoms with Gasteiger partial charge in [0.15, 0.2) is 0 Å². The first kappa shape index (κ1) is 18.2. The smallest absolute Gasteiger partial charge is 0.303 e. The number of rotatable bonds is 8. The van der Waals surface area contributed by atoms with Gasteiger partial charge in [0.05, 0.1) is 19.4 Å². The highest BCUT2D eigenvalue weighted by Gasteiger charge is 2.22. The van der Waals surface area contributed by atoms with Crippen LogP contribution in [0.15, 0.2) is 18.2 Å². The van der Waals surface area contributed by atoms with E-state index < -0.39 is 7.60 Å². The molecule has 0 saturated carbocycles. The van der Waals surface area contributed by atoms with Gasteiger partial charge < -0.3 is 9.05 Å². The molecular weight excluding hydrogens is 271 g/mol. The second-order valence-corrected chi connectivity index (χ2v) is 4.45. The van der Waals surface area contributed by atoms with E-state index >= 15 is 0 Å². The van der Waals surface area contributed by atoms with Gasteiger partial charge in [-0.15, -0.1) is 12.4 Å². The summed E-state index contributed by atoms with van der Waals surface area (Å²) < 4.78 is 21.3. The summed E-state index contributed by atoms with van der Waals surface area (Å²) in [6.07, 6.45) is 2.60. The van der Waals surface area contributed by atoms with Crippen LogP contribution in [0.4, 0.5) is 0 Å². The summed E-state index contributed by atoms with van der Waals surface area (Å²) in [7, 11) is -3.53. The van der Waals surface area contributed by atoms with Crippen molar-refractivity contribution in [3.63, 3.8) is 0 Å². The maximum Gasteiger partial charge on any atom is 0.335 e. The summed E-state index contributed by atoms with van der Waals surface area (Å²) in [6.45, 7) is -0.503. The molecule has 0 rings (SSSR count). The largest absolute Gasteiger partial charge is 0.335 e.